The molecule has 0 saturated heterocycles. The van der Waals surface area contributed by atoms with Gasteiger partial charge in [-0.05, 0) is 12.5 Å². The third-order valence-corrected chi connectivity index (χ3v) is 1.94. The number of hydrogen-bond donors (Lipinski definition) is 1. The molecule has 0 saturated carbocycles. The number of nitro benzene ring substituents is 1. The van der Waals surface area contributed by atoms with Crippen molar-refractivity contribution in [3.05, 3.63) is 39.4 Å². The average molecular weight is 181 g/mol. The number of nitrogens with zero attached hydrogens (tertiary/aromatic N) is 1. The molecule has 4 nitrogen and oxygen atoms in total. The fraction of sp³-hybridized carbons (Fsp3) is 0.333. The van der Waals surface area contributed by atoms with Crippen molar-refractivity contribution in [1.29, 1.82) is 0 Å². The van der Waals surface area contributed by atoms with E-state index in [4.69, 9.17) is 5.11 Å². The van der Waals surface area contributed by atoms with Gasteiger partial charge in [-0.1, -0.05) is 19.1 Å². The van der Waals surface area contributed by atoms with Gasteiger partial charge in [-0.2, -0.15) is 0 Å². The standard InChI is InChI=1S/C9H11NO3/c1-2-7-4-3-5-8(6-11)9(7)10(12)13/h3-5,11H,2,6H2,1H3. The molecule has 0 spiro atoms. The Bertz CT molecular complexity index is 300. The van der Waals surface area contributed by atoms with Crippen molar-refractivity contribution in [3.63, 3.8) is 0 Å². The topological polar surface area (TPSA) is 63.4 Å². The SMILES string of the molecule is CCc1cccc(CO)c1[N+](=O)[O-]. The highest BCUT2D eigenvalue weighted by Gasteiger charge is 2.16. The number of nitro groups is 1. The van der Waals surface area contributed by atoms with E-state index in [2.05, 4.69) is 0 Å². The first-order chi connectivity index (χ1) is 6.20. The number of para-hydroxylation sites is 1. The molecule has 0 aliphatic rings. The van der Waals surface area contributed by atoms with Gasteiger partial charge in [-0.25, -0.2) is 0 Å². The van der Waals surface area contributed by atoms with Crippen molar-refractivity contribution in [2.75, 3.05) is 0 Å². The predicted molar refractivity (Wildman–Crippen MR) is 48.4 cm³/mol. The van der Waals surface area contributed by atoms with E-state index in [1.807, 2.05) is 6.92 Å². The monoisotopic (exact) mass is 181 g/mol. The quantitative estimate of drug-likeness (QED) is 0.569. The number of aliphatic hydroxyl groups is 1. The lowest BCUT2D eigenvalue weighted by Gasteiger charge is -2.03. The molecule has 0 aliphatic carbocycles. The Kier molecular flexibility index (Phi) is 2.97. The van der Waals surface area contributed by atoms with E-state index in [1.54, 1.807) is 18.2 Å². The molecule has 0 fully saturated rings. The Balaban J connectivity index is 3.29. The molecule has 1 aromatic rings. The lowest BCUT2D eigenvalue weighted by Crippen LogP contribution is -1.99. The highest BCUT2D eigenvalue weighted by atomic mass is 16.6. The second-order valence-electron chi connectivity index (χ2n) is 2.69. The molecule has 4 heteroatoms. The lowest BCUT2D eigenvalue weighted by molar-refractivity contribution is -0.386. The highest BCUT2D eigenvalue weighted by Crippen LogP contribution is 2.23. The van der Waals surface area contributed by atoms with Crippen LogP contribution >= 0.6 is 0 Å². The smallest absolute Gasteiger partial charge is 0.278 e. The van der Waals surface area contributed by atoms with Gasteiger partial charge in [0.2, 0.25) is 0 Å². The van der Waals surface area contributed by atoms with Crippen LogP contribution in [0.1, 0.15) is 18.1 Å². The molecule has 0 aromatic heterocycles. The van der Waals surface area contributed by atoms with Gasteiger partial charge in [0, 0.05) is 5.56 Å². The Hall–Kier alpha value is -1.42. The van der Waals surface area contributed by atoms with Crippen LogP contribution in [0.5, 0.6) is 0 Å². The molecule has 0 amide bonds. The van der Waals surface area contributed by atoms with Crippen molar-refractivity contribution < 1.29 is 10.0 Å². The van der Waals surface area contributed by atoms with Crippen LogP contribution in [0, 0.1) is 10.1 Å². The fourth-order valence-electron chi connectivity index (χ4n) is 1.29. The van der Waals surface area contributed by atoms with Crippen molar-refractivity contribution in [3.8, 4) is 0 Å². The van der Waals surface area contributed by atoms with Crippen LogP contribution in [0.4, 0.5) is 5.69 Å². The average Bonchev–Trinajstić information content (AvgIpc) is 2.16. The molecular formula is C9H11NO3. The number of rotatable bonds is 3. The Morgan fingerprint density at radius 1 is 1.46 bits per heavy atom. The summed E-state index contributed by atoms with van der Waals surface area (Å²) in [5, 5.41) is 19.5. The molecular weight excluding hydrogens is 170 g/mol. The molecule has 0 atom stereocenters. The first-order valence-corrected chi connectivity index (χ1v) is 4.06. The van der Waals surface area contributed by atoms with E-state index in [1.165, 1.54) is 0 Å². The Morgan fingerprint density at radius 3 is 2.54 bits per heavy atom. The van der Waals surface area contributed by atoms with Crippen LogP contribution in [0.15, 0.2) is 18.2 Å². The van der Waals surface area contributed by atoms with Gasteiger partial charge in [-0.3, -0.25) is 10.1 Å². The van der Waals surface area contributed by atoms with Gasteiger partial charge in [0.1, 0.15) is 0 Å². The van der Waals surface area contributed by atoms with Crippen LogP contribution < -0.4 is 0 Å². The van der Waals surface area contributed by atoms with Crippen molar-refractivity contribution in [1.82, 2.24) is 0 Å². The third kappa shape index (κ3) is 1.84. The van der Waals surface area contributed by atoms with Crippen LogP contribution in [0.2, 0.25) is 0 Å². The second kappa shape index (κ2) is 4.00. The summed E-state index contributed by atoms with van der Waals surface area (Å²) in [7, 11) is 0. The first kappa shape index (κ1) is 9.67. The van der Waals surface area contributed by atoms with Gasteiger partial charge in [0.15, 0.2) is 0 Å². The van der Waals surface area contributed by atoms with Crippen LogP contribution in [-0.2, 0) is 13.0 Å². The summed E-state index contributed by atoms with van der Waals surface area (Å²) in [6, 6.07) is 4.99. The van der Waals surface area contributed by atoms with E-state index < -0.39 is 4.92 Å². The van der Waals surface area contributed by atoms with Crippen molar-refractivity contribution in [2.24, 2.45) is 0 Å². The molecule has 1 N–H and O–H groups in total. The molecule has 1 aromatic carbocycles. The van der Waals surface area contributed by atoms with Crippen LogP contribution in [0.3, 0.4) is 0 Å². The molecule has 0 bridgehead atoms. The van der Waals surface area contributed by atoms with Gasteiger partial charge >= 0.3 is 0 Å². The summed E-state index contributed by atoms with van der Waals surface area (Å²) in [6.07, 6.45) is 0.601. The second-order valence-corrected chi connectivity index (χ2v) is 2.69. The van der Waals surface area contributed by atoms with E-state index in [0.717, 1.165) is 0 Å². The molecule has 13 heavy (non-hydrogen) atoms. The molecule has 0 radical (unpaired) electrons. The number of aryl methyl sites for hydroxylation is 1. The number of benzene rings is 1. The van der Waals surface area contributed by atoms with Crippen molar-refractivity contribution >= 4 is 5.69 Å². The summed E-state index contributed by atoms with van der Waals surface area (Å²) < 4.78 is 0. The van der Waals surface area contributed by atoms with Crippen LogP contribution in [-0.4, -0.2) is 10.0 Å². The van der Waals surface area contributed by atoms with E-state index in [-0.39, 0.29) is 12.3 Å². The summed E-state index contributed by atoms with van der Waals surface area (Å²) in [5.74, 6) is 0. The Morgan fingerprint density at radius 2 is 2.08 bits per heavy atom. The maximum absolute atomic E-state index is 10.7. The van der Waals surface area contributed by atoms with Gasteiger partial charge in [0.05, 0.1) is 17.1 Å². The fourth-order valence-corrected chi connectivity index (χ4v) is 1.29. The van der Waals surface area contributed by atoms with Gasteiger partial charge in [-0.15, -0.1) is 0 Å². The molecule has 0 heterocycles. The minimum absolute atomic E-state index is 0.0486. The molecule has 70 valence electrons. The zero-order valence-electron chi connectivity index (χ0n) is 7.36. The summed E-state index contributed by atoms with van der Waals surface area (Å²) in [6.45, 7) is 1.56. The molecule has 0 unspecified atom stereocenters. The normalized spacial score (nSPS) is 10.0. The maximum Gasteiger partial charge on any atom is 0.278 e. The zero-order valence-corrected chi connectivity index (χ0v) is 7.36. The predicted octanol–water partition coefficient (Wildman–Crippen LogP) is 1.65. The summed E-state index contributed by atoms with van der Waals surface area (Å²) >= 11 is 0. The summed E-state index contributed by atoms with van der Waals surface area (Å²) in [4.78, 5) is 10.2. The number of aliphatic hydroxyl groups excluding tert-OH is 1. The van der Waals surface area contributed by atoms with Crippen LogP contribution in [0.25, 0.3) is 0 Å². The van der Waals surface area contributed by atoms with E-state index in [0.29, 0.717) is 17.5 Å². The summed E-state index contributed by atoms with van der Waals surface area (Å²) in [5.41, 5.74) is 1.09. The van der Waals surface area contributed by atoms with Gasteiger partial charge < -0.3 is 5.11 Å². The molecule has 0 aliphatic heterocycles. The number of hydrogen-bond acceptors (Lipinski definition) is 3. The van der Waals surface area contributed by atoms with E-state index >= 15 is 0 Å². The Labute approximate surface area is 76.0 Å². The van der Waals surface area contributed by atoms with E-state index in [9.17, 15) is 10.1 Å². The minimum atomic E-state index is -0.440. The lowest BCUT2D eigenvalue weighted by atomic mass is 10.1. The first-order valence-electron chi connectivity index (χ1n) is 4.06. The highest BCUT2D eigenvalue weighted by molar-refractivity contribution is 5.47. The largest absolute Gasteiger partial charge is 0.391 e. The van der Waals surface area contributed by atoms with Gasteiger partial charge in [0.25, 0.3) is 5.69 Å². The minimum Gasteiger partial charge on any atom is -0.391 e. The van der Waals surface area contributed by atoms with Crippen molar-refractivity contribution in [2.45, 2.75) is 20.0 Å². The maximum atomic E-state index is 10.7. The zero-order chi connectivity index (χ0) is 9.84. The molecule has 1 rings (SSSR count). The third-order valence-electron chi connectivity index (χ3n) is 1.94.